The summed E-state index contributed by atoms with van der Waals surface area (Å²) < 4.78 is 84.4. The number of nitrogens with one attached hydrogen (secondary N) is 1. The Morgan fingerprint density at radius 1 is 1.00 bits per heavy atom. The van der Waals surface area contributed by atoms with Gasteiger partial charge in [-0.3, -0.25) is 0 Å². The summed E-state index contributed by atoms with van der Waals surface area (Å²) in [5, 5.41) is 3.44. The third-order valence-electron chi connectivity index (χ3n) is 6.82. The van der Waals surface area contributed by atoms with Gasteiger partial charge in [-0.1, -0.05) is 25.6 Å². The minimum atomic E-state index is -4.85. The van der Waals surface area contributed by atoms with E-state index in [4.69, 9.17) is 0 Å². The second kappa shape index (κ2) is 9.78. The van der Waals surface area contributed by atoms with Crippen molar-refractivity contribution >= 4 is 22.4 Å². The Balaban J connectivity index is 1.63. The molecule has 1 heterocycles. The molecule has 196 valence electrons. The van der Waals surface area contributed by atoms with E-state index in [9.17, 15) is 22.0 Å². The van der Waals surface area contributed by atoms with Crippen LogP contribution in [-0.4, -0.2) is 9.97 Å². The minimum absolute atomic E-state index is 0.100. The topological polar surface area (TPSA) is 37.8 Å². The smallest absolute Gasteiger partial charge is 0.340 e. The highest BCUT2D eigenvalue weighted by molar-refractivity contribution is 5.94. The maximum Gasteiger partial charge on any atom is 0.417 e. The van der Waals surface area contributed by atoms with Crippen molar-refractivity contribution in [3.8, 4) is 11.4 Å². The summed E-state index contributed by atoms with van der Waals surface area (Å²) in [7, 11) is 0. The molecule has 38 heavy (non-hydrogen) atoms. The number of aromatic nitrogens is 2. The van der Waals surface area contributed by atoms with E-state index in [-0.39, 0.29) is 34.7 Å². The highest BCUT2D eigenvalue weighted by Gasteiger charge is 2.36. The number of para-hydroxylation sites is 1. The summed E-state index contributed by atoms with van der Waals surface area (Å²) >= 11 is 0. The van der Waals surface area contributed by atoms with Gasteiger partial charge >= 0.3 is 6.18 Å². The lowest BCUT2D eigenvalue weighted by Gasteiger charge is -2.22. The lowest BCUT2D eigenvalue weighted by atomic mass is 9.86. The van der Waals surface area contributed by atoms with Crippen molar-refractivity contribution < 1.29 is 26.3 Å². The van der Waals surface area contributed by atoms with Gasteiger partial charge in [0.2, 0.25) is 0 Å². The maximum absolute atomic E-state index is 15.1. The molecule has 4 aromatic rings. The molecular formula is C29H23F6N3. The van der Waals surface area contributed by atoms with Crippen LogP contribution in [0, 0.1) is 23.4 Å². The molecule has 3 aromatic carbocycles. The third-order valence-corrected chi connectivity index (χ3v) is 6.82. The van der Waals surface area contributed by atoms with Gasteiger partial charge in [-0.15, -0.1) is 0 Å². The Morgan fingerprint density at radius 2 is 1.74 bits per heavy atom. The molecule has 1 aromatic heterocycles. The predicted molar refractivity (Wildman–Crippen MR) is 135 cm³/mol. The van der Waals surface area contributed by atoms with Gasteiger partial charge in [0.25, 0.3) is 0 Å². The fourth-order valence-corrected chi connectivity index (χ4v) is 4.93. The lowest BCUT2D eigenvalue weighted by molar-refractivity contribution is -0.137. The summed E-state index contributed by atoms with van der Waals surface area (Å²) in [6.45, 7) is 5.94. The molecule has 0 bridgehead atoms. The lowest BCUT2D eigenvalue weighted by Crippen LogP contribution is -2.12. The van der Waals surface area contributed by atoms with Crippen molar-refractivity contribution in [2.75, 3.05) is 5.32 Å². The zero-order chi connectivity index (χ0) is 27.2. The van der Waals surface area contributed by atoms with Crippen molar-refractivity contribution in [3.05, 3.63) is 95.3 Å². The summed E-state index contributed by atoms with van der Waals surface area (Å²) in [5.74, 6) is -2.52. The van der Waals surface area contributed by atoms with E-state index in [1.54, 1.807) is 24.3 Å². The third kappa shape index (κ3) is 4.97. The standard InChI is InChI=1S/C29H23F6N3/c1-3-19(16-8-9-16)26-22(12-18(31)14-24(26)32)15(2)36-28-21-6-4-5-7-25(21)37-27(38-28)20-11-10-17(30)13-23(20)29(33,34)35/h4-7,10-14,16,19H,2-3,8-9H2,1H3,(H,36,37,38). The van der Waals surface area contributed by atoms with Crippen LogP contribution >= 0.6 is 0 Å². The molecule has 5 rings (SSSR count). The van der Waals surface area contributed by atoms with E-state index in [0.717, 1.165) is 31.0 Å². The summed E-state index contributed by atoms with van der Waals surface area (Å²) in [6.07, 6.45) is -2.30. The number of halogens is 6. The minimum Gasteiger partial charge on any atom is -0.340 e. The highest BCUT2D eigenvalue weighted by atomic mass is 19.4. The first kappa shape index (κ1) is 25.8. The van der Waals surface area contributed by atoms with E-state index < -0.39 is 34.8 Å². The van der Waals surface area contributed by atoms with Gasteiger partial charge in [0, 0.05) is 33.8 Å². The largest absolute Gasteiger partial charge is 0.417 e. The second-order valence-corrected chi connectivity index (χ2v) is 9.41. The molecule has 1 saturated carbocycles. The fraction of sp³-hybridized carbons (Fsp3) is 0.241. The average molecular weight is 528 g/mol. The fourth-order valence-electron chi connectivity index (χ4n) is 4.93. The average Bonchev–Trinajstić information content (AvgIpc) is 3.70. The van der Waals surface area contributed by atoms with Crippen LogP contribution in [-0.2, 0) is 6.18 Å². The van der Waals surface area contributed by atoms with Gasteiger partial charge < -0.3 is 5.32 Å². The zero-order valence-corrected chi connectivity index (χ0v) is 20.3. The van der Waals surface area contributed by atoms with E-state index in [1.165, 1.54) is 6.07 Å². The van der Waals surface area contributed by atoms with Gasteiger partial charge in [-0.2, -0.15) is 13.2 Å². The number of fused-ring (bicyclic) bond motifs is 1. The van der Waals surface area contributed by atoms with Crippen LogP contribution in [0.1, 0.15) is 48.8 Å². The Hall–Kier alpha value is -3.88. The Morgan fingerprint density at radius 3 is 2.42 bits per heavy atom. The van der Waals surface area contributed by atoms with E-state index >= 15 is 4.39 Å². The van der Waals surface area contributed by atoms with Crippen LogP contribution in [0.5, 0.6) is 0 Å². The molecule has 3 nitrogen and oxygen atoms in total. The molecule has 0 saturated heterocycles. The Labute approximate surface area is 215 Å². The zero-order valence-electron chi connectivity index (χ0n) is 20.3. The Bertz CT molecular complexity index is 1540. The molecule has 1 aliphatic rings. The molecule has 0 spiro atoms. The van der Waals surface area contributed by atoms with Crippen LogP contribution in [0.25, 0.3) is 28.0 Å². The molecule has 1 N–H and O–H groups in total. The molecule has 1 fully saturated rings. The van der Waals surface area contributed by atoms with Gasteiger partial charge in [0.15, 0.2) is 5.82 Å². The molecular weight excluding hydrogens is 504 g/mol. The number of rotatable bonds is 7. The molecule has 9 heteroatoms. The summed E-state index contributed by atoms with van der Waals surface area (Å²) in [6, 6.07) is 10.9. The molecule has 0 aliphatic heterocycles. The monoisotopic (exact) mass is 527 g/mol. The van der Waals surface area contributed by atoms with E-state index in [1.807, 2.05) is 6.92 Å². The van der Waals surface area contributed by atoms with Crippen LogP contribution in [0.4, 0.5) is 32.2 Å². The normalized spacial score (nSPS) is 14.5. The highest BCUT2D eigenvalue weighted by Crippen LogP contribution is 2.47. The first-order chi connectivity index (χ1) is 18.1. The van der Waals surface area contributed by atoms with Crippen molar-refractivity contribution in [3.63, 3.8) is 0 Å². The molecule has 0 radical (unpaired) electrons. The van der Waals surface area contributed by atoms with Crippen LogP contribution in [0.3, 0.4) is 0 Å². The first-order valence-electron chi connectivity index (χ1n) is 12.2. The molecule has 1 atom stereocenters. The van der Waals surface area contributed by atoms with Crippen LogP contribution < -0.4 is 5.32 Å². The SMILES string of the molecule is C=C(Nc1nc(-c2ccc(F)cc2C(F)(F)F)nc2ccccc12)c1cc(F)cc(F)c1C(CC)C1CC1. The van der Waals surface area contributed by atoms with Crippen molar-refractivity contribution in [2.24, 2.45) is 5.92 Å². The van der Waals surface area contributed by atoms with Crippen molar-refractivity contribution in [2.45, 2.75) is 38.3 Å². The number of hydrogen-bond acceptors (Lipinski definition) is 3. The van der Waals surface area contributed by atoms with E-state index in [2.05, 4.69) is 21.9 Å². The predicted octanol–water partition coefficient (Wildman–Crippen LogP) is 8.72. The maximum atomic E-state index is 15.1. The number of benzene rings is 3. The molecule has 1 aliphatic carbocycles. The van der Waals surface area contributed by atoms with Crippen molar-refractivity contribution in [1.82, 2.24) is 9.97 Å². The first-order valence-corrected chi connectivity index (χ1v) is 12.2. The van der Waals surface area contributed by atoms with Gasteiger partial charge in [-0.05, 0) is 67.5 Å². The number of nitrogens with zero attached hydrogens (tertiary/aromatic N) is 2. The van der Waals surface area contributed by atoms with Crippen LogP contribution in [0.2, 0.25) is 0 Å². The van der Waals surface area contributed by atoms with Gasteiger partial charge in [0.1, 0.15) is 23.3 Å². The number of alkyl halides is 3. The number of anilines is 1. The van der Waals surface area contributed by atoms with Crippen molar-refractivity contribution in [1.29, 1.82) is 0 Å². The van der Waals surface area contributed by atoms with Gasteiger partial charge in [0.05, 0.1) is 11.1 Å². The molecule has 1 unspecified atom stereocenters. The number of hydrogen-bond donors (Lipinski definition) is 1. The van der Waals surface area contributed by atoms with E-state index in [0.29, 0.717) is 29.0 Å². The van der Waals surface area contributed by atoms with Gasteiger partial charge in [-0.25, -0.2) is 23.1 Å². The summed E-state index contributed by atoms with van der Waals surface area (Å²) in [5.41, 5.74) is -0.575. The van der Waals surface area contributed by atoms with Crippen LogP contribution in [0.15, 0.2) is 61.2 Å². The Kier molecular flexibility index (Phi) is 6.63. The quantitative estimate of drug-likeness (QED) is 0.244. The second-order valence-electron chi connectivity index (χ2n) is 9.41. The summed E-state index contributed by atoms with van der Waals surface area (Å²) in [4.78, 5) is 8.62. The molecule has 0 amide bonds.